The van der Waals surface area contributed by atoms with Crippen LogP contribution in [-0.2, 0) is 4.79 Å². The number of nitrogens with one attached hydrogen (secondary N) is 1. The SMILES string of the molecule is CC1CC(N)CN(CC(=O)Nc2ccc(C#N)c(Cl)c2)C1. The molecule has 1 aliphatic rings. The number of likely N-dealkylation sites (tertiary alicyclic amines) is 1. The topological polar surface area (TPSA) is 82.2 Å². The number of anilines is 1. The van der Waals surface area contributed by atoms with Crippen LogP contribution < -0.4 is 11.1 Å². The lowest BCUT2D eigenvalue weighted by Gasteiger charge is -2.34. The minimum Gasteiger partial charge on any atom is -0.327 e. The molecule has 0 radical (unpaired) electrons. The van der Waals surface area contributed by atoms with Crippen LogP contribution in [0, 0.1) is 17.2 Å². The maximum absolute atomic E-state index is 12.1. The minimum atomic E-state index is -0.0999. The second kappa shape index (κ2) is 6.90. The number of hydrogen-bond acceptors (Lipinski definition) is 4. The van der Waals surface area contributed by atoms with E-state index in [1.807, 2.05) is 6.07 Å². The summed E-state index contributed by atoms with van der Waals surface area (Å²) in [6.07, 6.45) is 1.00. The Labute approximate surface area is 129 Å². The maximum atomic E-state index is 12.1. The van der Waals surface area contributed by atoms with Gasteiger partial charge in [0.1, 0.15) is 6.07 Å². The van der Waals surface area contributed by atoms with Gasteiger partial charge in [-0.1, -0.05) is 18.5 Å². The van der Waals surface area contributed by atoms with E-state index in [0.29, 0.717) is 28.7 Å². The number of amides is 1. The number of carbonyl (C=O) groups excluding carboxylic acids is 1. The molecule has 1 aliphatic heterocycles. The van der Waals surface area contributed by atoms with Crippen LogP contribution in [0.4, 0.5) is 5.69 Å². The average Bonchev–Trinajstić information content (AvgIpc) is 2.37. The van der Waals surface area contributed by atoms with E-state index in [4.69, 9.17) is 22.6 Å². The molecule has 1 amide bonds. The van der Waals surface area contributed by atoms with Crippen LogP contribution in [0.3, 0.4) is 0 Å². The van der Waals surface area contributed by atoms with Crippen LogP contribution in [0.5, 0.6) is 0 Å². The molecule has 0 aliphatic carbocycles. The molecule has 0 saturated carbocycles. The molecule has 1 heterocycles. The Morgan fingerprint density at radius 3 is 2.95 bits per heavy atom. The second-order valence-electron chi connectivity index (χ2n) is 5.65. The zero-order valence-corrected chi connectivity index (χ0v) is 12.7. The summed E-state index contributed by atoms with van der Waals surface area (Å²) in [5.41, 5.74) is 6.96. The standard InChI is InChI=1S/C15H19ClN4O/c1-10-4-12(18)8-20(7-10)9-15(21)19-13-3-2-11(6-17)14(16)5-13/h2-3,5,10,12H,4,7-9,18H2,1H3,(H,19,21). The number of benzene rings is 1. The second-order valence-corrected chi connectivity index (χ2v) is 6.06. The van der Waals surface area contributed by atoms with Crippen LogP contribution in [0.1, 0.15) is 18.9 Å². The Hall–Kier alpha value is -1.61. The Balaban J connectivity index is 1.93. The van der Waals surface area contributed by atoms with Crippen molar-refractivity contribution in [3.05, 3.63) is 28.8 Å². The molecule has 1 aromatic carbocycles. The number of hydrogen-bond donors (Lipinski definition) is 2. The Morgan fingerprint density at radius 2 is 2.33 bits per heavy atom. The lowest BCUT2D eigenvalue weighted by Crippen LogP contribution is -2.48. The molecule has 2 unspecified atom stereocenters. The molecule has 3 N–H and O–H groups in total. The zero-order chi connectivity index (χ0) is 15.4. The summed E-state index contributed by atoms with van der Waals surface area (Å²) in [5.74, 6) is 0.406. The Kier molecular flexibility index (Phi) is 5.18. The summed E-state index contributed by atoms with van der Waals surface area (Å²) in [6.45, 7) is 4.08. The molecule has 6 heteroatoms. The number of nitrogens with two attached hydrogens (primary N) is 1. The molecule has 1 aromatic rings. The van der Waals surface area contributed by atoms with E-state index < -0.39 is 0 Å². The van der Waals surface area contributed by atoms with E-state index >= 15 is 0 Å². The summed E-state index contributed by atoms with van der Waals surface area (Å²) in [5, 5.41) is 11.9. The third kappa shape index (κ3) is 4.43. The van der Waals surface area contributed by atoms with Crippen molar-refractivity contribution in [2.45, 2.75) is 19.4 Å². The maximum Gasteiger partial charge on any atom is 0.238 e. The van der Waals surface area contributed by atoms with Crippen LogP contribution in [0.15, 0.2) is 18.2 Å². The van der Waals surface area contributed by atoms with Crippen molar-refractivity contribution in [2.75, 3.05) is 25.0 Å². The number of rotatable bonds is 3. The predicted octanol–water partition coefficient (Wildman–Crippen LogP) is 1.82. The summed E-state index contributed by atoms with van der Waals surface area (Å²) in [4.78, 5) is 14.1. The largest absolute Gasteiger partial charge is 0.327 e. The van der Waals surface area contributed by atoms with Gasteiger partial charge in [0, 0.05) is 24.8 Å². The highest BCUT2D eigenvalue weighted by Gasteiger charge is 2.23. The van der Waals surface area contributed by atoms with Gasteiger partial charge in [0.05, 0.1) is 17.1 Å². The lowest BCUT2D eigenvalue weighted by molar-refractivity contribution is -0.117. The molecule has 0 aromatic heterocycles. The van der Waals surface area contributed by atoms with E-state index in [1.54, 1.807) is 18.2 Å². The van der Waals surface area contributed by atoms with Gasteiger partial charge in [-0.2, -0.15) is 5.26 Å². The van der Waals surface area contributed by atoms with Crippen LogP contribution >= 0.6 is 11.6 Å². The number of halogens is 1. The van der Waals surface area contributed by atoms with Gasteiger partial charge < -0.3 is 11.1 Å². The quantitative estimate of drug-likeness (QED) is 0.892. The predicted molar refractivity (Wildman–Crippen MR) is 83.0 cm³/mol. The van der Waals surface area contributed by atoms with Gasteiger partial charge in [-0.05, 0) is 30.5 Å². The summed E-state index contributed by atoms with van der Waals surface area (Å²) in [6, 6.07) is 6.97. The van der Waals surface area contributed by atoms with Crippen molar-refractivity contribution >= 4 is 23.2 Å². The molecule has 21 heavy (non-hydrogen) atoms. The number of piperidine rings is 1. The first-order valence-corrected chi connectivity index (χ1v) is 7.33. The van der Waals surface area contributed by atoms with Gasteiger partial charge in [0.25, 0.3) is 0 Å². The molecule has 112 valence electrons. The molecular weight excluding hydrogens is 288 g/mol. The molecule has 2 rings (SSSR count). The summed E-state index contributed by atoms with van der Waals surface area (Å²) >= 11 is 5.94. The zero-order valence-electron chi connectivity index (χ0n) is 12.0. The molecule has 2 atom stereocenters. The van der Waals surface area contributed by atoms with E-state index in [2.05, 4.69) is 17.1 Å². The average molecular weight is 307 g/mol. The van der Waals surface area contributed by atoms with E-state index in [1.165, 1.54) is 0 Å². The van der Waals surface area contributed by atoms with Crippen molar-refractivity contribution in [2.24, 2.45) is 11.7 Å². The van der Waals surface area contributed by atoms with Crippen molar-refractivity contribution in [3.8, 4) is 6.07 Å². The number of carbonyl (C=O) groups is 1. The lowest BCUT2D eigenvalue weighted by atomic mass is 9.97. The van der Waals surface area contributed by atoms with Crippen molar-refractivity contribution in [1.82, 2.24) is 4.90 Å². The molecule has 1 saturated heterocycles. The Bertz CT molecular complexity index is 559. The highest BCUT2D eigenvalue weighted by atomic mass is 35.5. The van der Waals surface area contributed by atoms with Crippen molar-refractivity contribution in [1.29, 1.82) is 5.26 Å². The molecule has 0 spiro atoms. The summed E-state index contributed by atoms with van der Waals surface area (Å²) < 4.78 is 0. The fourth-order valence-electron chi connectivity index (χ4n) is 2.73. The van der Waals surface area contributed by atoms with Crippen molar-refractivity contribution < 1.29 is 4.79 Å². The van der Waals surface area contributed by atoms with E-state index in [0.717, 1.165) is 19.5 Å². The third-order valence-electron chi connectivity index (χ3n) is 3.51. The number of nitriles is 1. The third-order valence-corrected chi connectivity index (χ3v) is 3.82. The molecular formula is C15H19ClN4O. The van der Waals surface area contributed by atoms with E-state index in [-0.39, 0.29) is 11.9 Å². The number of nitrogens with zero attached hydrogens (tertiary/aromatic N) is 2. The fourth-order valence-corrected chi connectivity index (χ4v) is 2.95. The normalized spacial score (nSPS) is 22.6. The van der Waals surface area contributed by atoms with Crippen LogP contribution in [-0.4, -0.2) is 36.5 Å². The van der Waals surface area contributed by atoms with E-state index in [9.17, 15) is 4.79 Å². The summed E-state index contributed by atoms with van der Waals surface area (Å²) in [7, 11) is 0. The van der Waals surface area contributed by atoms with Gasteiger partial charge in [-0.3, -0.25) is 9.69 Å². The van der Waals surface area contributed by atoms with Crippen LogP contribution in [0.25, 0.3) is 0 Å². The first-order valence-electron chi connectivity index (χ1n) is 6.95. The van der Waals surface area contributed by atoms with Gasteiger partial charge in [-0.25, -0.2) is 0 Å². The van der Waals surface area contributed by atoms with Gasteiger partial charge in [0.2, 0.25) is 5.91 Å². The first-order chi connectivity index (χ1) is 9.97. The molecule has 1 fully saturated rings. The van der Waals surface area contributed by atoms with Gasteiger partial charge >= 0.3 is 0 Å². The first kappa shape index (κ1) is 15.8. The van der Waals surface area contributed by atoms with Crippen LogP contribution in [0.2, 0.25) is 5.02 Å². The smallest absolute Gasteiger partial charge is 0.238 e. The highest BCUT2D eigenvalue weighted by molar-refractivity contribution is 6.32. The molecule has 5 nitrogen and oxygen atoms in total. The Morgan fingerprint density at radius 1 is 1.57 bits per heavy atom. The monoisotopic (exact) mass is 306 g/mol. The minimum absolute atomic E-state index is 0.0999. The van der Waals surface area contributed by atoms with Gasteiger partial charge in [0.15, 0.2) is 0 Å². The highest BCUT2D eigenvalue weighted by Crippen LogP contribution is 2.20. The van der Waals surface area contributed by atoms with Gasteiger partial charge in [-0.15, -0.1) is 0 Å². The van der Waals surface area contributed by atoms with Crippen molar-refractivity contribution in [3.63, 3.8) is 0 Å². The fraction of sp³-hybridized carbons (Fsp3) is 0.467. The molecule has 0 bridgehead atoms.